The van der Waals surface area contributed by atoms with Gasteiger partial charge in [0.25, 0.3) is 0 Å². The van der Waals surface area contributed by atoms with Gasteiger partial charge in [0, 0.05) is 6.42 Å². The van der Waals surface area contributed by atoms with Gasteiger partial charge in [-0.15, -0.1) is 0 Å². The number of hydrogen-bond donors (Lipinski definition) is 1. The largest absolute Gasteiger partial charge is 0.394 e. The van der Waals surface area contributed by atoms with E-state index >= 15 is 0 Å². The molecule has 1 heterocycles. The second-order valence-corrected chi connectivity index (χ2v) is 4.87. The Morgan fingerprint density at radius 2 is 2.16 bits per heavy atom. The molecule has 0 saturated carbocycles. The van der Waals surface area contributed by atoms with Gasteiger partial charge in [-0.05, 0) is 18.9 Å². The molecule has 1 aliphatic heterocycles. The zero-order chi connectivity index (χ0) is 13.5. The fourth-order valence-corrected chi connectivity index (χ4v) is 2.06. The van der Waals surface area contributed by atoms with E-state index in [0.29, 0.717) is 19.6 Å². The van der Waals surface area contributed by atoms with E-state index in [1.165, 1.54) is 0 Å². The van der Waals surface area contributed by atoms with Crippen molar-refractivity contribution in [2.24, 2.45) is 0 Å². The third kappa shape index (κ3) is 4.91. The Labute approximate surface area is 114 Å². The van der Waals surface area contributed by atoms with Crippen LogP contribution in [0.15, 0.2) is 30.3 Å². The van der Waals surface area contributed by atoms with Gasteiger partial charge in [-0.2, -0.15) is 0 Å². The van der Waals surface area contributed by atoms with Crippen LogP contribution < -0.4 is 0 Å². The highest BCUT2D eigenvalue weighted by Gasteiger charge is 2.24. The van der Waals surface area contributed by atoms with Gasteiger partial charge in [0.2, 0.25) is 0 Å². The summed E-state index contributed by atoms with van der Waals surface area (Å²) in [6.07, 6.45) is 1.13. The maximum Gasteiger partial charge on any atom is 0.160 e. The molecule has 1 saturated heterocycles. The molecule has 2 rings (SSSR count). The lowest BCUT2D eigenvalue weighted by atomic mass is 10.2. The molecular weight excluding hydrogens is 244 g/mol. The molecule has 0 spiro atoms. The minimum absolute atomic E-state index is 0.0547. The molecule has 4 heteroatoms. The number of hydrogen-bond acceptors (Lipinski definition) is 4. The normalized spacial score (nSPS) is 25.2. The summed E-state index contributed by atoms with van der Waals surface area (Å²) < 4.78 is 16.9. The molecule has 106 valence electrons. The van der Waals surface area contributed by atoms with Crippen LogP contribution in [0, 0.1) is 0 Å². The van der Waals surface area contributed by atoms with E-state index in [-0.39, 0.29) is 25.1 Å². The highest BCUT2D eigenvalue weighted by Crippen LogP contribution is 2.17. The third-order valence-corrected chi connectivity index (χ3v) is 3.19. The van der Waals surface area contributed by atoms with Crippen molar-refractivity contribution < 1.29 is 19.3 Å². The summed E-state index contributed by atoms with van der Waals surface area (Å²) in [6, 6.07) is 10.1. The molecule has 19 heavy (non-hydrogen) atoms. The van der Waals surface area contributed by atoms with Gasteiger partial charge >= 0.3 is 0 Å². The summed E-state index contributed by atoms with van der Waals surface area (Å²) in [5.41, 5.74) is 1.16. The average molecular weight is 266 g/mol. The van der Waals surface area contributed by atoms with Crippen LogP contribution in [-0.4, -0.2) is 36.8 Å². The molecule has 0 radical (unpaired) electrons. The van der Waals surface area contributed by atoms with Crippen LogP contribution in [0.2, 0.25) is 0 Å². The van der Waals surface area contributed by atoms with Crippen LogP contribution in [0.1, 0.15) is 25.3 Å². The number of aliphatic hydroxyl groups is 1. The Hall–Kier alpha value is -0.940. The fraction of sp³-hybridized carbons (Fsp3) is 0.600. The fourth-order valence-electron chi connectivity index (χ4n) is 2.06. The maximum absolute atomic E-state index is 9.08. The predicted octanol–water partition coefficient (Wildman–Crippen LogP) is 2.11. The van der Waals surface area contributed by atoms with E-state index in [2.05, 4.69) is 0 Å². The van der Waals surface area contributed by atoms with Crippen LogP contribution in [0.5, 0.6) is 0 Å². The van der Waals surface area contributed by atoms with Crippen LogP contribution in [-0.2, 0) is 20.8 Å². The summed E-state index contributed by atoms with van der Waals surface area (Å²) in [5.74, 6) is 0. The first-order valence-electron chi connectivity index (χ1n) is 6.81. The molecule has 0 amide bonds. The monoisotopic (exact) mass is 266 g/mol. The van der Waals surface area contributed by atoms with E-state index in [9.17, 15) is 0 Å². The zero-order valence-corrected chi connectivity index (χ0v) is 11.3. The first-order valence-corrected chi connectivity index (χ1v) is 6.81. The number of benzene rings is 1. The van der Waals surface area contributed by atoms with E-state index in [0.717, 1.165) is 12.0 Å². The number of ether oxygens (including phenoxy) is 3. The van der Waals surface area contributed by atoms with Gasteiger partial charge in [0.15, 0.2) is 6.29 Å². The van der Waals surface area contributed by atoms with Gasteiger partial charge in [-0.3, -0.25) is 0 Å². The highest BCUT2D eigenvalue weighted by molar-refractivity contribution is 5.13. The lowest BCUT2D eigenvalue weighted by molar-refractivity contribution is -0.230. The maximum atomic E-state index is 9.08. The summed E-state index contributed by atoms with van der Waals surface area (Å²) in [4.78, 5) is 0. The lowest BCUT2D eigenvalue weighted by Crippen LogP contribution is -2.36. The predicted molar refractivity (Wildman–Crippen MR) is 71.6 cm³/mol. The van der Waals surface area contributed by atoms with Gasteiger partial charge in [-0.25, -0.2) is 0 Å². The standard InChI is InChI=1S/C15H22O4/c1-12(18-11-13-5-3-2-4-6-13)9-15-17-8-7-14(10-16)19-15/h2-6,12,14-16H,7-11H2,1H3/t12?,14-,15+/m1/s1. The zero-order valence-electron chi connectivity index (χ0n) is 11.3. The van der Waals surface area contributed by atoms with Crippen molar-refractivity contribution in [1.29, 1.82) is 0 Å². The average Bonchev–Trinajstić information content (AvgIpc) is 2.46. The van der Waals surface area contributed by atoms with Crippen molar-refractivity contribution in [1.82, 2.24) is 0 Å². The molecule has 1 fully saturated rings. The molecule has 1 aliphatic rings. The van der Waals surface area contributed by atoms with Crippen LogP contribution in [0.3, 0.4) is 0 Å². The second-order valence-electron chi connectivity index (χ2n) is 4.87. The minimum atomic E-state index is -0.267. The van der Waals surface area contributed by atoms with E-state index in [1.807, 2.05) is 37.3 Å². The summed E-state index contributed by atoms with van der Waals surface area (Å²) in [5, 5.41) is 9.08. The quantitative estimate of drug-likeness (QED) is 0.856. The van der Waals surface area contributed by atoms with Crippen molar-refractivity contribution in [3.05, 3.63) is 35.9 Å². The first-order chi connectivity index (χ1) is 9.28. The van der Waals surface area contributed by atoms with Crippen LogP contribution in [0.25, 0.3) is 0 Å². The van der Waals surface area contributed by atoms with Crippen LogP contribution >= 0.6 is 0 Å². The Morgan fingerprint density at radius 3 is 2.89 bits per heavy atom. The number of aliphatic hydroxyl groups excluding tert-OH is 1. The molecule has 4 nitrogen and oxygen atoms in total. The van der Waals surface area contributed by atoms with Crippen molar-refractivity contribution in [2.75, 3.05) is 13.2 Å². The molecule has 1 unspecified atom stereocenters. The van der Waals surface area contributed by atoms with Gasteiger partial charge in [0.05, 0.1) is 32.0 Å². The Balaban J connectivity index is 1.70. The summed E-state index contributed by atoms with van der Waals surface area (Å²) >= 11 is 0. The molecule has 0 aliphatic carbocycles. The van der Waals surface area contributed by atoms with Crippen LogP contribution in [0.4, 0.5) is 0 Å². The van der Waals surface area contributed by atoms with Crippen molar-refractivity contribution in [2.45, 2.75) is 44.9 Å². The Morgan fingerprint density at radius 1 is 1.37 bits per heavy atom. The van der Waals surface area contributed by atoms with Gasteiger partial charge in [-0.1, -0.05) is 30.3 Å². The molecule has 0 bridgehead atoms. The molecule has 1 N–H and O–H groups in total. The van der Waals surface area contributed by atoms with Gasteiger partial charge in [0.1, 0.15) is 0 Å². The Kier molecular flexibility index (Phi) is 5.79. The molecular formula is C15H22O4. The van der Waals surface area contributed by atoms with Gasteiger partial charge < -0.3 is 19.3 Å². The van der Waals surface area contributed by atoms with E-state index < -0.39 is 0 Å². The molecule has 1 aromatic rings. The van der Waals surface area contributed by atoms with Crippen molar-refractivity contribution >= 4 is 0 Å². The second kappa shape index (κ2) is 7.60. The van der Waals surface area contributed by atoms with E-state index in [1.54, 1.807) is 0 Å². The minimum Gasteiger partial charge on any atom is -0.394 e. The highest BCUT2D eigenvalue weighted by atomic mass is 16.7. The third-order valence-electron chi connectivity index (χ3n) is 3.19. The first kappa shape index (κ1) is 14.5. The summed E-state index contributed by atoms with van der Waals surface area (Å²) in [6.45, 7) is 3.30. The van der Waals surface area contributed by atoms with E-state index in [4.69, 9.17) is 19.3 Å². The smallest absolute Gasteiger partial charge is 0.160 e. The molecule has 1 aromatic carbocycles. The lowest BCUT2D eigenvalue weighted by Gasteiger charge is -2.30. The molecule has 3 atom stereocenters. The molecule has 0 aromatic heterocycles. The van der Waals surface area contributed by atoms with Crippen molar-refractivity contribution in [3.63, 3.8) is 0 Å². The van der Waals surface area contributed by atoms with Crippen molar-refractivity contribution in [3.8, 4) is 0 Å². The topological polar surface area (TPSA) is 47.9 Å². The Bertz CT molecular complexity index is 354. The SMILES string of the molecule is CC(C[C@H]1OCC[C@H](CO)O1)OCc1ccccc1. The summed E-state index contributed by atoms with van der Waals surface area (Å²) in [7, 11) is 0. The number of rotatable bonds is 6.